The number of rotatable bonds is 7. The molecule has 1 unspecified atom stereocenters. The van der Waals surface area contributed by atoms with Crippen LogP contribution in [0.15, 0.2) is 54.7 Å². The summed E-state index contributed by atoms with van der Waals surface area (Å²) < 4.78 is 12.7. The molecule has 3 aromatic rings. The molecule has 1 N–H and O–H groups in total. The van der Waals surface area contributed by atoms with Gasteiger partial charge in [0.1, 0.15) is 0 Å². The minimum Gasteiger partial charge on any atom is -0.493 e. The van der Waals surface area contributed by atoms with Gasteiger partial charge in [0, 0.05) is 55.3 Å². The number of ether oxygens (including phenoxy) is 2. The highest BCUT2D eigenvalue weighted by Crippen LogP contribution is 2.31. The molecule has 1 aliphatic rings. The first-order valence-corrected chi connectivity index (χ1v) is 10.4. The largest absolute Gasteiger partial charge is 0.493 e. The standard InChI is InChI=1S/C24H30N4O2/c1-27-15-19(24(26-27)18-8-5-4-6-9-18)16-28-13-7-10-21(17-28)25-20-11-12-22(29-2)23(14-20)30-3/h4-6,8-9,11-12,14-15,21,25H,7,10,13,16-17H2,1-3H3. The molecule has 1 atom stereocenters. The number of aryl methyl sites for hydroxylation is 1. The lowest BCUT2D eigenvalue weighted by atomic mass is 10.0. The molecule has 0 radical (unpaired) electrons. The lowest BCUT2D eigenvalue weighted by Crippen LogP contribution is -2.41. The minimum absolute atomic E-state index is 0.397. The van der Waals surface area contributed by atoms with Crippen LogP contribution in [-0.2, 0) is 13.6 Å². The minimum atomic E-state index is 0.397. The quantitative estimate of drug-likeness (QED) is 0.638. The van der Waals surface area contributed by atoms with Crippen molar-refractivity contribution >= 4 is 5.69 Å². The highest BCUT2D eigenvalue weighted by molar-refractivity contribution is 5.62. The van der Waals surface area contributed by atoms with Gasteiger partial charge in [-0.3, -0.25) is 9.58 Å². The van der Waals surface area contributed by atoms with E-state index in [1.165, 1.54) is 17.5 Å². The van der Waals surface area contributed by atoms with Gasteiger partial charge in [-0.1, -0.05) is 30.3 Å². The van der Waals surface area contributed by atoms with Gasteiger partial charge in [-0.15, -0.1) is 0 Å². The van der Waals surface area contributed by atoms with Gasteiger partial charge in [0.25, 0.3) is 0 Å². The van der Waals surface area contributed by atoms with Gasteiger partial charge >= 0.3 is 0 Å². The highest BCUT2D eigenvalue weighted by Gasteiger charge is 2.22. The van der Waals surface area contributed by atoms with E-state index in [9.17, 15) is 0 Å². The second kappa shape index (κ2) is 9.22. The molecule has 6 heteroatoms. The first-order valence-electron chi connectivity index (χ1n) is 10.4. The molecule has 0 aliphatic carbocycles. The van der Waals surface area contributed by atoms with Crippen molar-refractivity contribution in [2.45, 2.75) is 25.4 Å². The molecule has 0 amide bonds. The van der Waals surface area contributed by atoms with Crippen molar-refractivity contribution in [3.63, 3.8) is 0 Å². The molecular weight excluding hydrogens is 376 g/mol. The van der Waals surface area contributed by atoms with E-state index in [1.807, 2.05) is 29.9 Å². The lowest BCUT2D eigenvalue weighted by molar-refractivity contribution is 0.209. The van der Waals surface area contributed by atoms with Crippen LogP contribution < -0.4 is 14.8 Å². The highest BCUT2D eigenvalue weighted by atomic mass is 16.5. The molecule has 158 valence electrons. The van der Waals surface area contributed by atoms with Crippen LogP contribution in [0.4, 0.5) is 5.69 Å². The molecule has 2 aromatic carbocycles. The maximum Gasteiger partial charge on any atom is 0.162 e. The van der Waals surface area contributed by atoms with Crippen molar-refractivity contribution in [1.29, 1.82) is 0 Å². The van der Waals surface area contributed by atoms with Crippen molar-refractivity contribution in [2.24, 2.45) is 7.05 Å². The third-order valence-electron chi connectivity index (χ3n) is 5.61. The van der Waals surface area contributed by atoms with Crippen LogP contribution in [0.2, 0.25) is 0 Å². The Morgan fingerprint density at radius 3 is 2.63 bits per heavy atom. The summed E-state index contributed by atoms with van der Waals surface area (Å²) in [5, 5.41) is 8.39. The number of methoxy groups -OCH3 is 2. The fourth-order valence-corrected chi connectivity index (χ4v) is 4.21. The van der Waals surface area contributed by atoms with Gasteiger partial charge in [0.05, 0.1) is 19.9 Å². The fourth-order valence-electron chi connectivity index (χ4n) is 4.21. The van der Waals surface area contributed by atoms with Gasteiger partial charge in [0.2, 0.25) is 0 Å². The molecule has 6 nitrogen and oxygen atoms in total. The van der Waals surface area contributed by atoms with Gasteiger partial charge < -0.3 is 14.8 Å². The van der Waals surface area contributed by atoms with Crippen molar-refractivity contribution < 1.29 is 9.47 Å². The number of nitrogens with one attached hydrogen (secondary N) is 1. The summed E-state index contributed by atoms with van der Waals surface area (Å²) in [6.45, 7) is 3.01. The van der Waals surface area contributed by atoms with E-state index < -0.39 is 0 Å². The van der Waals surface area contributed by atoms with Crippen molar-refractivity contribution in [1.82, 2.24) is 14.7 Å². The summed E-state index contributed by atoms with van der Waals surface area (Å²) in [5.41, 5.74) is 4.58. The molecule has 1 saturated heterocycles. The molecule has 1 aromatic heterocycles. The Bertz CT molecular complexity index is 971. The van der Waals surface area contributed by atoms with Crippen molar-refractivity contribution in [3.05, 3.63) is 60.3 Å². The normalized spacial score (nSPS) is 17.0. The first kappa shape index (κ1) is 20.3. The Morgan fingerprint density at radius 2 is 1.87 bits per heavy atom. The van der Waals surface area contributed by atoms with E-state index in [2.05, 4.69) is 46.7 Å². The second-order valence-electron chi connectivity index (χ2n) is 7.83. The number of anilines is 1. The predicted molar refractivity (Wildman–Crippen MR) is 120 cm³/mol. The third kappa shape index (κ3) is 4.60. The Morgan fingerprint density at radius 1 is 1.07 bits per heavy atom. The van der Waals surface area contributed by atoms with Crippen LogP contribution in [0.1, 0.15) is 18.4 Å². The number of benzene rings is 2. The topological polar surface area (TPSA) is 51.5 Å². The number of likely N-dealkylation sites (tertiary alicyclic amines) is 1. The number of aromatic nitrogens is 2. The summed E-state index contributed by atoms with van der Waals surface area (Å²) in [5.74, 6) is 1.50. The van der Waals surface area contributed by atoms with E-state index in [1.54, 1.807) is 14.2 Å². The molecule has 0 spiro atoms. The number of hydrogen-bond donors (Lipinski definition) is 1. The van der Waals surface area contributed by atoms with Crippen LogP contribution in [0.5, 0.6) is 11.5 Å². The smallest absolute Gasteiger partial charge is 0.162 e. The van der Waals surface area contributed by atoms with Crippen LogP contribution in [0.25, 0.3) is 11.3 Å². The monoisotopic (exact) mass is 406 g/mol. The molecule has 0 saturated carbocycles. The summed E-state index contributed by atoms with van der Waals surface area (Å²) in [6.07, 6.45) is 4.48. The molecule has 1 fully saturated rings. The molecule has 4 rings (SSSR count). The van der Waals surface area contributed by atoms with Crippen LogP contribution in [0, 0.1) is 0 Å². The van der Waals surface area contributed by atoms with Crippen molar-refractivity contribution in [2.75, 3.05) is 32.6 Å². The summed E-state index contributed by atoms with van der Waals surface area (Å²) in [6, 6.07) is 16.8. The maximum atomic E-state index is 5.44. The van der Waals surface area contributed by atoms with E-state index in [0.29, 0.717) is 6.04 Å². The van der Waals surface area contributed by atoms with Crippen LogP contribution in [-0.4, -0.2) is 48.0 Å². The van der Waals surface area contributed by atoms with E-state index in [-0.39, 0.29) is 0 Å². The lowest BCUT2D eigenvalue weighted by Gasteiger charge is -2.33. The summed E-state index contributed by atoms with van der Waals surface area (Å²) >= 11 is 0. The van der Waals surface area contributed by atoms with Gasteiger partial charge in [-0.25, -0.2) is 0 Å². The summed E-state index contributed by atoms with van der Waals surface area (Å²) in [4.78, 5) is 2.52. The number of nitrogens with zero attached hydrogens (tertiary/aromatic N) is 3. The molecule has 30 heavy (non-hydrogen) atoms. The van der Waals surface area contributed by atoms with Crippen LogP contribution in [0.3, 0.4) is 0 Å². The zero-order chi connectivity index (χ0) is 20.9. The third-order valence-corrected chi connectivity index (χ3v) is 5.61. The maximum absolute atomic E-state index is 5.44. The molecule has 0 bridgehead atoms. The van der Waals surface area contributed by atoms with Crippen molar-refractivity contribution in [3.8, 4) is 22.8 Å². The van der Waals surface area contributed by atoms with E-state index in [0.717, 1.165) is 48.9 Å². The van der Waals surface area contributed by atoms with E-state index in [4.69, 9.17) is 14.6 Å². The number of piperidine rings is 1. The van der Waals surface area contributed by atoms with E-state index >= 15 is 0 Å². The molecular formula is C24H30N4O2. The van der Waals surface area contributed by atoms with Gasteiger partial charge in [-0.2, -0.15) is 5.10 Å². The summed E-state index contributed by atoms with van der Waals surface area (Å²) in [7, 11) is 5.32. The Hall–Kier alpha value is -2.99. The zero-order valence-corrected chi connectivity index (χ0v) is 18.0. The Balaban J connectivity index is 1.44. The second-order valence-corrected chi connectivity index (χ2v) is 7.83. The first-order chi connectivity index (χ1) is 14.7. The van der Waals surface area contributed by atoms with Gasteiger partial charge in [0.15, 0.2) is 11.5 Å². The predicted octanol–water partition coefficient (Wildman–Crippen LogP) is 4.18. The zero-order valence-electron chi connectivity index (χ0n) is 18.0. The molecule has 2 heterocycles. The average Bonchev–Trinajstić information content (AvgIpc) is 3.14. The van der Waals surface area contributed by atoms with Crippen LogP contribution >= 0.6 is 0 Å². The molecule has 1 aliphatic heterocycles. The Labute approximate surface area is 178 Å². The Kier molecular flexibility index (Phi) is 6.23. The number of hydrogen-bond acceptors (Lipinski definition) is 5. The SMILES string of the molecule is COc1ccc(NC2CCCN(Cc3cn(C)nc3-c3ccccc3)C2)cc1OC. The van der Waals surface area contributed by atoms with Gasteiger partial charge in [-0.05, 0) is 31.5 Å². The fraction of sp³-hybridized carbons (Fsp3) is 0.375. The average molecular weight is 407 g/mol.